The molecule has 0 spiro atoms. The van der Waals surface area contributed by atoms with Crippen LogP contribution in [0.2, 0.25) is 0 Å². The Morgan fingerprint density at radius 2 is 2.00 bits per heavy atom. The van der Waals surface area contributed by atoms with Crippen LogP contribution >= 0.6 is 0 Å². The van der Waals surface area contributed by atoms with Crippen molar-refractivity contribution in [1.82, 2.24) is 0 Å². The number of ether oxygens (including phenoxy) is 2. The van der Waals surface area contributed by atoms with Gasteiger partial charge in [0.15, 0.2) is 6.29 Å². The minimum atomic E-state index is -0.0988. The van der Waals surface area contributed by atoms with E-state index in [0.29, 0.717) is 13.2 Å². The van der Waals surface area contributed by atoms with Gasteiger partial charge in [0.1, 0.15) is 0 Å². The Kier molecular flexibility index (Phi) is 22.4. The summed E-state index contributed by atoms with van der Waals surface area (Å²) in [5, 5.41) is 0. The molecule has 0 aliphatic carbocycles. The van der Waals surface area contributed by atoms with E-state index in [1.54, 1.807) is 0 Å². The van der Waals surface area contributed by atoms with Gasteiger partial charge in [0, 0.05) is 13.2 Å². The van der Waals surface area contributed by atoms with Crippen LogP contribution in [0.25, 0.3) is 0 Å². The zero-order valence-corrected chi connectivity index (χ0v) is 10.8. The first-order chi connectivity index (χ1) is 4.81. The Labute approximate surface area is 102 Å². The molecule has 0 N–H and O–H groups in total. The molecular weight excluding hydrogens is 232 g/mol. The summed E-state index contributed by atoms with van der Waals surface area (Å²) in [7, 11) is 0. The van der Waals surface area contributed by atoms with Crippen LogP contribution in [-0.2, 0) is 9.47 Å². The van der Waals surface area contributed by atoms with Crippen LogP contribution in [0.3, 0.4) is 0 Å². The van der Waals surface area contributed by atoms with Crippen molar-refractivity contribution >= 4 is 23.1 Å². The molecule has 68 valence electrons. The molecule has 0 rings (SSSR count). The molecule has 0 fully saturated rings. The summed E-state index contributed by atoms with van der Waals surface area (Å²) < 4.78 is 10.3. The van der Waals surface area contributed by atoms with Crippen LogP contribution in [0.1, 0.15) is 20.3 Å². The fraction of sp³-hybridized carbons (Fsp3) is 0.750. The van der Waals surface area contributed by atoms with E-state index in [0.717, 1.165) is 6.42 Å². The smallest absolute Gasteiger partial charge is 1.00 e. The van der Waals surface area contributed by atoms with Gasteiger partial charge in [-0.3, -0.25) is 6.58 Å². The topological polar surface area (TPSA) is 18.5 Å². The molecule has 0 saturated heterocycles. The summed E-state index contributed by atoms with van der Waals surface area (Å²) in [6, 6.07) is 0. The molecule has 0 aliphatic heterocycles. The molecule has 1 atom stereocenters. The van der Waals surface area contributed by atoms with Gasteiger partial charge < -0.3 is 32.5 Å². The van der Waals surface area contributed by atoms with E-state index in [4.69, 9.17) is 9.47 Å². The Bertz CT molecular complexity index is 91.1. The first-order valence-electron chi connectivity index (χ1n) is 3.54. The number of halogens is 1. The van der Waals surface area contributed by atoms with Gasteiger partial charge in [-0.25, -0.2) is 0 Å². The Balaban J connectivity index is -0.000000405. The number of hydrogen-bond acceptors (Lipinski definition) is 2. The zero-order valence-electron chi connectivity index (χ0n) is 7.81. The SMILES string of the molecule is C=[C-]CCOC(C)OCC.[Br-].[Mg+2]. The molecule has 12 heavy (non-hydrogen) atoms. The standard InChI is InChI=1S/C8H15O2.BrH.Mg/c1-4-6-7-10-8(3)9-5-2;;/h8H,1,5-7H2,2-3H3;1H;/q-1;;+2/p-1. The molecular formula is C8H15BrMgO2. The van der Waals surface area contributed by atoms with Gasteiger partial charge in [-0.05, 0) is 13.8 Å². The maximum atomic E-state index is 5.20. The first-order valence-corrected chi connectivity index (χ1v) is 3.54. The molecule has 0 heterocycles. The minimum absolute atomic E-state index is 0. The van der Waals surface area contributed by atoms with Gasteiger partial charge in [-0.2, -0.15) is 6.42 Å². The van der Waals surface area contributed by atoms with Crippen molar-refractivity contribution in [2.75, 3.05) is 13.2 Å². The van der Waals surface area contributed by atoms with E-state index in [1.165, 1.54) is 0 Å². The van der Waals surface area contributed by atoms with Gasteiger partial charge in [0.25, 0.3) is 0 Å². The molecule has 0 aromatic carbocycles. The Morgan fingerprint density at radius 3 is 2.42 bits per heavy atom. The largest absolute Gasteiger partial charge is 2.00 e. The molecule has 0 amide bonds. The van der Waals surface area contributed by atoms with Crippen molar-refractivity contribution in [1.29, 1.82) is 0 Å². The normalized spacial score (nSPS) is 10.8. The quantitative estimate of drug-likeness (QED) is 0.243. The van der Waals surface area contributed by atoms with Crippen molar-refractivity contribution in [3.63, 3.8) is 0 Å². The van der Waals surface area contributed by atoms with Gasteiger partial charge in [-0.15, -0.1) is 0 Å². The van der Waals surface area contributed by atoms with E-state index >= 15 is 0 Å². The maximum Gasteiger partial charge on any atom is 2.00 e. The zero-order chi connectivity index (χ0) is 7.82. The molecule has 0 bridgehead atoms. The predicted molar refractivity (Wildman–Crippen MR) is 46.3 cm³/mol. The van der Waals surface area contributed by atoms with Gasteiger partial charge >= 0.3 is 23.1 Å². The van der Waals surface area contributed by atoms with Gasteiger partial charge in [0.05, 0.1) is 0 Å². The monoisotopic (exact) mass is 246 g/mol. The third kappa shape index (κ3) is 13.5. The van der Waals surface area contributed by atoms with Crippen molar-refractivity contribution < 1.29 is 26.5 Å². The molecule has 0 aliphatic rings. The van der Waals surface area contributed by atoms with Gasteiger partial charge in [-0.1, -0.05) is 0 Å². The van der Waals surface area contributed by atoms with E-state index in [1.807, 2.05) is 13.8 Å². The molecule has 2 nitrogen and oxygen atoms in total. The summed E-state index contributed by atoms with van der Waals surface area (Å²) in [6.45, 7) is 8.62. The van der Waals surface area contributed by atoms with Gasteiger partial charge in [0.2, 0.25) is 0 Å². The van der Waals surface area contributed by atoms with E-state index < -0.39 is 0 Å². The van der Waals surface area contributed by atoms with Crippen molar-refractivity contribution in [2.45, 2.75) is 26.6 Å². The number of rotatable bonds is 6. The second kappa shape index (κ2) is 14.4. The maximum absolute atomic E-state index is 5.20. The molecule has 0 saturated carbocycles. The summed E-state index contributed by atoms with van der Waals surface area (Å²) >= 11 is 0. The average molecular weight is 247 g/mol. The number of hydrogen-bond donors (Lipinski definition) is 0. The first kappa shape index (κ1) is 18.6. The third-order valence-corrected chi connectivity index (χ3v) is 1.03. The molecule has 1 unspecified atom stereocenters. The van der Waals surface area contributed by atoms with Crippen molar-refractivity contribution in [3.05, 3.63) is 12.7 Å². The van der Waals surface area contributed by atoms with Crippen LogP contribution in [0.15, 0.2) is 6.58 Å². The third-order valence-electron chi connectivity index (χ3n) is 1.03. The Morgan fingerprint density at radius 1 is 1.42 bits per heavy atom. The second-order valence-corrected chi connectivity index (χ2v) is 1.89. The summed E-state index contributed by atoms with van der Waals surface area (Å²) in [6.07, 6.45) is 3.40. The Hall–Kier alpha value is 0.906. The van der Waals surface area contributed by atoms with Crippen molar-refractivity contribution in [2.24, 2.45) is 0 Å². The average Bonchev–Trinajstić information content (AvgIpc) is 1.89. The molecule has 0 aromatic heterocycles. The second-order valence-electron chi connectivity index (χ2n) is 1.89. The fourth-order valence-corrected chi connectivity index (χ4v) is 0.580. The van der Waals surface area contributed by atoms with Crippen LogP contribution in [0.5, 0.6) is 0 Å². The fourth-order valence-electron chi connectivity index (χ4n) is 0.580. The van der Waals surface area contributed by atoms with Crippen LogP contribution in [-0.4, -0.2) is 42.6 Å². The van der Waals surface area contributed by atoms with Crippen LogP contribution in [0, 0.1) is 6.08 Å². The van der Waals surface area contributed by atoms with Crippen LogP contribution < -0.4 is 17.0 Å². The summed E-state index contributed by atoms with van der Waals surface area (Å²) in [5.74, 6) is 0. The summed E-state index contributed by atoms with van der Waals surface area (Å²) in [5.41, 5.74) is 0. The van der Waals surface area contributed by atoms with Crippen LogP contribution in [0.4, 0.5) is 0 Å². The molecule has 0 aromatic rings. The molecule has 0 radical (unpaired) electrons. The van der Waals surface area contributed by atoms with E-state index in [2.05, 4.69) is 12.7 Å². The summed E-state index contributed by atoms with van der Waals surface area (Å²) in [4.78, 5) is 0. The predicted octanol–water partition coefficient (Wildman–Crippen LogP) is -1.61. The van der Waals surface area contributed by atoms with E-state index in [9.17, 15) is 0 Å². The molecule has 4 heteroatoms. The minimum Gasteiger partial charge on any atom is -1.00 e. The van der Waals surface area contributed by atoms with Crippen molar-refractivity contribution in [3.8, 4) is 0 Å². The van der Waals surface area contributed by atoms with E-state index in [-0.39, 0.29) is 46.3 Å².